The molecule has 1 saturated heterocycles. The Morgan fingerprint density at radius 3 is 2.00 bits per heavy atom. The first kappa shape index (κ1) is 40.4. The molecule has 0 saturated carbocycles. The van der Waals surface area contributed by atoms with Crippen molar-refractivity contribution in [1.82, 2.24) is 9.88 Å². The molecule has 4 rings (SSSR count). The van der Waals surface area contributed by atoms with Crippen LogP contribution < -0.4 is 10.6 Å². The summed E-state index contributed by atoms with van der Waals surface area (Å²) in [6.45, 7) is 22.7. The highest BCUT2D eigenvalue weighted by Crippen LogP contribution is 2.32. The Morgan fingerprint density at radius 1 is 0.891 bits per heavy atom. The molecule has 0 unspecified atom stereocenters. The Kier molecular flexibility index (Phi) is 21.6. The lowest BCUT2D eigenvalue weighted by Crippen LogP contribution is -2.31. The number of pyridine rings is 1. The van der Waals surface area contributed by atoms with Gasteiger partial charge in [-0.3, -0.25) is 4.79 Å². The van der Waals surface area contributed by atoms with Gasteiger partial charge in [-0.1, -0.05) is 117 Å². The van der Waals surface area contributed by atoms with Crippen LogP contribution in [0.25, 0.3) is 5.70 Å². The topological polar surface area (TPSA) is 57.3 Å². The lowest BCUT2D eigenvalue weighted by molar-refractivity contribution is 0.112. The van der Waals surface area contributed by atoms with Crippen LogP contribution >= 0.6 is 0 Å². The van der Waals surface area contributed by atoms with Gasteiger partial charge in [0.05, 0.1) is 0 Å². The maximum absolute atomic E-state index is 10.3. The van der Waals surface area contributed by atoms with E-state index in [-0.39, 0.29) is 0 Å². The molecule has 5 nitrogen and oxygen atoms in total. The average Bonchev–Trinajstić information content (AvgIpc) is 3.12. The minimum Gasteiger partial charge on any atom is -0.388 e. The molecule has 2 heterocycles. The van der Waals surface area contributed by atoms with Crippen molar-refractivity contribution in [3.8, 4) is 0 Å². The highest BCUT2D eigenvalue weighted by Gasteiger charge is 2.22. The normalized spacial score (nSPS) is 12.3. The monoisotopic (exact) mass is 629 g/mol. The van der Waals surface area contributed by atoms with Gasteiger partial charge in [0.1, 0.15) is 5.82 Å². The molecule has 0 amide bonds. The number of nitrogens with zero attached hydrogens (tertiary/aromatic N) is 2. The lowest BCUT2D eigenvalue weighted by Gasteiger charge is -2.35. The van der Waals surface area contributed by atoms with Crippen molar-refractivity contribution in [2.75, 3.05) is 37.3 Å². The van der Waals surface area contributed by atoms with E-state index in [1.165, 1.54) is 72.9 Å². The molecule has 0 radical (unpaired) electrons. The molecule has 5 heteroatoms. The van der Waals surface area contributed by atoms with E-state index in [9.17, 15) is 4.79 Å². The average molecular weight is 629 g/mol. The van der Waals surface area contributed by atoms with Gasteiger partial charge < -0.3 is 15.5 Å². The Balaban J connectivity index is 0.000000419. The predicted molar refractivity (Wildman–Crippen MR) is 203 cm³/mol. The quantitative estimate of drug-likeness (QED) is 0.154. The molecule has 1 aromatic heterocycles. The summed E-state index contributed by atoms with van der Waals surface area (Å²) in [6, 6.07) is 19.4. The molecule has 0 atom stereocenters. The van der Waals surface area contributed by atoms with Gasteiger partial charge in [-0.05, 0) is 79.0 Å². The third kappa shape index (κ3) is 15.1. The van der Waals surface area contributed by atoms with Gasteiger partial charge in [0.25, 0.3) is 0 Å². The second-order valence-corrected chi connectivity index (χ2v) is 12.0. The van der Waals surface area contributed by atoms with Crippen molar-refractivity contribution in [2.45, 2.75) is 112 Å². The molecule has 3 aromatic rings. The molecule has 254 valence electrons. The zero-order valence-electron chi connectivity index (χ0n) is 30.4. The van der Waals surface area contributed by atoms with Gasteiger partial charge in [-0.2, -0.15) is 0 Å². The summed E-state index contributed by atoms with van der Waals surface area (Å²) in [7, 11) is 1.98. The van der Waals surface area contributed by atoms with Crippen LogP contribution in [0.2, 0.25) is 0 Å². The van der Waals surface area contributed by atoms with Gasteiger partial charge in [0, 0.05) is 49.8 Å². The largest absolute Gasteiger partial charge is 0.388 e. The first-order valence-corrected chi connectivity index (χ1v) is 17.8. The number of anilines is 2. The van der Waals surface area contributed by atoms with Gasteiger partial charge >= 0.3 is 0 Å². The maximum atomic E-state index is 10.3. The predicted octanol–water partition coefficient (Wildman–Crippen LogP) is 11.2. The van der Waals surface area contributed by atoms with Crippen molar-refractivity contribution < 1.29 is 4.79 Å². The molecular weight excluding hydrogens is 564 g/mol. The second kappa shape index (κ2) is 24.6. The number of aryl methyl sites for hydroxylation is 2. The lowest BCUT2D eigenvalue weighted by atomic mass is 9.88. The van der Waals surface area contributed by atoms with Crippen LogP contribution in [0.4, 0.5) is 11.5 Å². The van der Waals surface area contributed by atoms with Gasteiger partial charge in [0.15, 0.2) is 6.29 Å². The number of unbranched alkanes of at least 4 members (excludes halogenated alkanes) is 3. The summed E-state index contributed by atoms with van der Waals surface area (Å²) in [6.07, 6.45) is 13.5. The van der Waals surface area contributed by atoms with E-state index in [1.54, 1.807) is 12.3 Å². The van der Waals surface area contributed by atoms with Crippen LogP contribution in [0.3, 0.4) is 0 Å². The molecule has 46 heavy (non-hydrogen) atoms. The first-order chi connectivity index (χ1) is 22.3. The van der Waals surface area contributed by atoms with E-state index in [0.717, 1.165) is 50.3 Å². The fourth-order valence-electron chi connectivity index (χ4n) is 4.73. The second-order valence-electron chi connectivity index (χ2n) is 12.0. The summed E-state index contributed by atoms with van der Waals surface area (Å²) in [5.74, 6) is 1.51. The van der Waals surface area contributed by atoms with Crippen LogP contribution in [0.15, 0.2) is 67.4 Å². The van der Waals surface area contributed by atoms with Crippen molar-refractivity contribution in [2.24, 2.45) is 0 Å². The van der Waals surface area contributed by atoms with Crippen LogP contribution in [0.5, 0.6) is 0 Å². The minimum absolute atomic E-state index is 0.612. The Hall–Kier alpha value is -3.60. The number of benzene rings is 2. The highest BCUT2D eigenvalue weighted by molar-refractivity contribution is 5.74. The van der Waals surface area contributed by atoms with Crippen molar-refractivity contribution in [1.29, 1.82) is 0 Å². The molecular formula is C41H64N4O. The van der Waals surface area contributed by atoms with E-state index in [0.29, 0.717) is 11.5 Å². The van der Waals surface area contributed by atoms with Gasteiger partial charge in [0.2, 0.25) is 0 Å². The Labute approximate surface area is 282 Å². The number of carbonyl (C=O) groups excluding carboxylic acids is 1. The number of aromatic nitrogens is 1. The summed E-state index contributed by atoms with van der Waals surface area (Å²) >= 11 is 0. The fraction of sp³-hybridized carbons (Fsp3) is 0.512. The number of aldehydes is 1. The van der Waals surface area contributed by atoms with E-state index in [2.05, 4.69) is 118 Å². The third-order valence-electron chi connectivity index (χ3n) is 8.34. The standard InChI is InChI=1S/C23H30N2.C10H14N2O.2C4H10/c1-5-19-7-10-20(11-8-19)21-12-14-25(15-13-21)18(3)22-9-6-17(2)23(16-22)24-4;1-2-3-6-11-10-5-4-9(8-13)7-12-10;2*1-3-4-2/h6-11,16,21,24H,3,5,12-15H2,1-2,4H3;4-5,7-8H,2-3,6H2,1H3,(H,11,12);2*3-4H2,1-2H3. The molecule has 0 bridgehead atoms. The van der Waals surface area contributed by atoms with E-state index >= 15 is 0 Å². The summed E-state index contributed by atoms with van der Waals surface area (Å²) in [5.41, 5.74) is 8.36. The first-order valence-electron chi connectivity index (χ1n) is 17.8. The SMILES string of the molecule is C=C(c1ccc(C)c(NC)c1)N1CCC(c2ccc(CC)cc2)CC1.CCCC.CCCC.CCCCNc1ccc(C=O)cn1. The Bertz CT molecular complexity index is 1200. The zero-order valence-corrected chi connectivity index (χ0v) is 30.4. The smallest absolute Gasteiger partial charge is 0.151 e. The van der Waals surface area contributed by atoms with E-state index < -0.39 is 0 Å². The van der Waals surface area contributed by atoms with Gasteiger partial charge in [-0.25, -0.2) is 4.98 Å². The number of carbonyl (C=O) groups is 1. The van der Waals surface area contributed by atoms with Crippen molar-refractivity contribution >= 4 is 23.5 Å². The third-order valence-corrected chi connectivity index (χ3v) is 8.34. The molecule has 0 aliphatic carbocycles. The summed E-state index contributed by atoms with van der Waals surface area (Å²) in [4.78, 5) is 16.8. The minimum atomic E-state index is 0.612. The van der Waals surface area contributed by atoms with Crippen molar-refractivity contribution in [3.05, 3.63) is 95.2 Å². The van der Waals surface area contributed by atoms with Crippen LogP contribution in [-0.4, -0.2) is 42.9 Å². The number of nitrogens with one attached hydrogen (secondary N) is 2. The number of likely N-dealkylation sites (tertiary alicyclic amines) is 1. The van der Waals surface area contributed by atoms with E-state index in [1.807, 2.05) is 13.1 Å². The molecule has 2 N–H and O–H groups in total. The number of hydrogen-bond donors (Lipinski definition) is 2. The zero-order chi connectivity index (χ0) is 34.2. The van der Waals surface area contributed by atoms with Crippen molar-refractivity contribution in [3.63, 3.8) is 0 Å². The number of hydrogen-bond acceptors (Lipinski definition) is 5. The maximum Gasteiger partial charge on any atom is 0.151 e. The Morgan fingerprint density at radius 2 is 1.52 bits per heavy atom. The van der Waals surface area contributed by atoms with Gasteiger partial charge in [-0.15, -0.1) is 0 Å². The molecule has 1 aliphatic rings. The molecule has 0 spiro atoms. The summed E-state index contributed by atoms with van der Waals surface area (Å²) in [5, 5.41) is 6.44. The van der Waals surface area contributed by atoms with Crippen LogP contribution in [-0.2, 0) is 6.42 Å². The molecule has 1 fully saturated rings. The van der Waals surface area contributed by atoms with Crippen LogP contribution in [0.1, 0.15) is 131 Å². The summed E-state index contributed by atoms with van der Waals surface area (Å²) < 4.78 is 0. The van der Waals surface area contributed by atoms with E-state index in [4.69, 9.17) is 0 Å². The molecule has 2 aromatic carbocycles. The number of rotatable bonds is 12. The van der Waals surface area contributed by atoms with Crippen LogP contribution in [0, 0.1) is 6.92 Å². The fourth-order valence-corrected chi connectivity index (χ4v) is 4.73. The number of piperidine rings is 1. The molecule has 1 aliphatic heterocycles. The highest BCUT2D eigenvalue weighted by atomic mass is 16.1.